The van der Waals surface area contributed by atoms with Crippen LogP contribution in [-0.4, -0.2) is 7.05 Å². The highest BCUT2D eigenvalue weighted by Gasteiger charge is 2.15. The Morgan fingerprint density at radius 1 is 1.05 bits per heavy atom. The van der Waals surface area contributed by atoms with Gasteiger partial charge in [0.05, 0.1) is 6.04 Å². The van der Waals surface area contributed by atoms with E-state index in [0.29, 0.717) is 0 Å². The van der Waals surface area contributed by atoms with Gasteiger partial charge >= 0.3 is 0 Å². The molecule has 1 atom stereocenters. The molecule has 0 fully saturated rings. The van der Waals surface area contributed by atoms with E-state index < -0.39 is 0 Å². The highest BCUT2D eigenvalue weighted by molar-refractivity contribution is 5.77. The summed E-state index contributed by atoms with van der Waals surface area (Å²) in [5, 5.41) is 4.51. The molecule has 0 radical (unpaired) electrons. The number of hydrogen-bond acceptors (Lipinski definition) is 2. The van der Waals surface area contributed by atoms with Crippen molar-refractivity contribution in [1.82, 2.24) is 5.32 Å². The molecule has 1 heterocycles. The van der Waals surface area contributed by atoms with Crippen molar-refractivity contribution in [3.8, 4) is 0 Å². The number of nitrogens with one attached hydrogen (secondary N) is 1. The number of para-hydroxylation sites is 1. The number of benzene rings is 2. The van der Waals surface area contributed by atoms with Gasteiger partial charge in [-0.1, -0.05) is 48.0 Å². The molecule has 0 saturated heterocycles. The number of likely N-dealkylation sites (N-methyl/N-ethyl adjacent to an activating group) is 1. The maximum absolute atomic E-state index is 5.95. The molecule has 0 saturated carbocycles. The Hall–Kier alpha value is -2.06. The number of furan rings is 1. The van der Waals surface area contributed by atoms with Gasteiger partial charge in [-0.15, -0.1) is 0 Å². The highest BCUT2D eigenvalue weighted by atomic mass is 16.3. The summed E-state index contributed by atoms with van der Waals surface area (Å²) in [6, 6.07) is 19.1. The molecule has 3 rings (SSSR count). The zero-order valence-corrected chi connectivity index (χ0v) is 11.9. The zero-order chi connectivity index (χ0) is 13.9. The summed E-state index contributed by atoms with van der Waals surface area (Å²) >= 11 is 0. The van der Waals surface area contributed by atoms with Gasteiger partial charge in [0.1, 0.15) is 11.3 Å². The maximum atomic E-state index is 5.95. The highest BCUT2D eigenvalue weighted by Crippen LogP contribution is 2.26. The van der Waals surface area contributed by atoms with E-state index in [1.54, 1.807) is 0 Å². The Morgan fingerprint density at radius 3 is 2.50 bits per heavy atom. The van der Waals surface area contributed by atoms with Crippen molar-refractivity contribution in [2.75, 3.05) is 7.05 Å². The van der Waals surface area contributed by atoms with Gasteiger partial charge in [-0.3, -0.25) is 0 Å². The molecule has 102 valence electrons. The number of rotatable bonds is 4. The lowest BCUT2D eigenvalue weighted by Gasteiger charge is -2.13. The van der Waals surface area contributed by atoms with Crippen LogP contribution in [0.25, 0.3) is 11.0 Å². The first kappa shape index (κ1) is 12.9. The van der Waals surface area contributed by atoms with Crippen molar-refractivity contribution in [2.24, 2.45) is 0 Å². The number of fused-ring (bicyclic) bond motifs is 1. The summed E-state index contributed by atoms with van der Waals surface area (Å²) < 4.78 is 5.95. The minimum Gasteiger partial charge on any atom is -0.459 e. The van der Waals surface area contributed by atoms with Crippen molar-refractivity contribution in [1.29, 1.82) is 0 Å². The van der Waals surface area contributed by atoms with Crippen LogP contribution in [0.1, 0.15) is 22.9 Å². The second-order valence-corrected chi connectivity index (χ2v) is 5.22. The van der Waals surface area contributed by atoms with Crippen LogP contribution in [0.15, 0.2) is 59.0 Å². The standard InChI is InChI=1S/C18H19NO/c1-13-7-9-14(10-8-13)11-16(19-2)18-12-15-5-3-4-6-17(15)20-18/h3-10,12,16,19H,11H2,1-2H3. The number of aryl methyl sites for hydroxylation is 1. The van der Waals surface area contributed by atoms with Gasteiger partial charge in [-0.2, -0.15) is 0 Å². The van der Waals surface area contributed by atoms with Crippen molar-refractivity contribution >= 4 is 11.0 Å². The monoisotopic (exact) mass is 265 g/mol. The molecule has 0 aliphatic carbocycles. The Kier molecular flexibility index (Phi) is 3.57. The topological polar surface area (TPSA) is 25.2 Å². The van der Waals surface area contributed by atoms with E-state index in [1.807, 2.05) is 25.2 Å². The molecular weight excluding hydrogens is 246 g/mol. The Morgan fingerprint density at radius 2 is 1.80 bits per heavy atom. The van der Waals surface area contributed by atoms with E-state index in [4.69, 9.17) is 4.42 Å². The summed E-state index contributed by atoms with van der Waals surface area (Å²) in [7, 11) is 1.98. The zero-order valence-electron chi connectivity index (χ0n) is 11.9. The molecule has 0 aliphatic rings. The predicted molar refractivity (Wildman–Crippen MR) is 82.9 cm³/mol. The van der Waals surface area contributed by atoms with E-state index >= 15 is 0 Å². The van der Waals surface area contributed by atoms with Crippen LogP contribution >= 0.6 is 0 Å². The van der Waals surface area contributed by atoms with Gasteiger partial charge in [0.2, 0.25) is 0 Å². The van der Waals surface area contributed by atoms with E-state index in [0.717, 1.165) is 23.2 Å². The second kappa shape index (κ2) is 5.51. The van der Waals surface area contributed by atoms with Crippen LogP contribution in [0.2, 0.25) is 0 Å². The minimum atomic E-state index is 0.199. The average Bonchev–Trinajstić information content (AvgIpc) is 2.90. The first-order valence-corrected chi connectivity index (χ1v) is 6.97. The van der Waals surface area contributed by atoms with E-state index in [2.05, 4.69) is 48.6 Å². The van der Waals surface area contributed by atoms with Crippen LogP contribution in [0.4, 0.5) is 0 Å². The fourth-order valence-electron chi connectivity index (χ4n) is 2.48. The van der Waals surface area contributed by atoms with Gasteiger partial charge in [0.25, 0.3) is 0 Å². The van der Waals surface area contributed by atoms with E-state index in [9.17, 15) is 0 Å². The van der Waals surface area contributed by atoms with E-state index in [1.165, 1.54) is 11.1 Å². The Labute approximate surface area is 119 Å². The third kappa shape index (κ3) is 2.61. The molecule has 1 aromatic heterocycles. The van der Waals surface area contributed by atoms with Gasteiger partial charge in [0, 0.05) is 5.39 Å². The predicted octanol–water partition coefficient (Wildman–Crippen LogP) is 4.24. The first-order chi connectivity index (χ1) is 9.76. The summed E-state index contributed by atoms with van der Waals surface area (Å²) in [5.74, 6) is 0.995. The molecule has 2 aromatic carbocycles. The van der Waals surface area contributed by atoms with Crippen molar-refractivity contribution in [3.05, 3.63) is 71.5 Å². The molecule has 20 heavy (non-hydrogen) atoms. The molecule has 1 N–H and O–H groups in total. The van der Waals surface area contributed by atoms with Gasteiger partial charge in [-0.05, 0) is 38.1 Å². The molecule has 0 aliphatic heterocycles. The first-order valence-electron chi connectivity index (χ1n) is 6.97. The molecule has 3 aromatic rings. The molecule has 0 spiro atoms. The van der Waals surface area contributed by atoms with Crippen molar-refractivity contribution in [2.45, 2.75) is 19.4 Å². The van der Waals surface area contributed by atoms with Crippen molar-refractivity contribution < 1.29 is 4.42 Å². The normalized spacial score (nSPS) is 12.7. The fourth-order valence-corrected chi connectivity index (χ4v) is 2.48. The smallest absolute Gasteiger partial charge is 0.134 e. The quantitative estimate of drug-likeness (QED) is 0.763. The van der Waals surface area contributed by atoms with Crippen molar-refractivity contribution in [3.63, 3.8) is 0 Å². The van der Waals surface area contributed by atoms with Gasteiger partial charge in [0.15, 0.2) is 0 Å². The Balaban J connectivity index is 1.87. The SMILES string of the molecule is CNC(Cc1ccc(C)cc1)c1cc2ccccc2o1. The summed E-state index contributed by atoms with van der Waals surface area (Å²) in [4.78, 5) is 0. The Bertz CT molecular complexity index is 664. The number of hydrogen-bond donors (Lipinski definition) is 1. The third-order valence-electron chi connectivity index (χ3n) is 3.70. The van der Waals surface area contributed by atoms with Crippen LogP contribution in [0.3, 0.4) is 0 Å². The minimum absolute atomic E-state index is 0.199. The van der Waals surface area contributed by atoms with Gasteiger partial charge in [-0.25, -0.2) is 0 Å². The molecule has 0 bridgehead atoms. The summed E-state index contributed by atoms with van der Waals surface area (Å²) in [6.45, 7) is 2.11. The summed E-state index contributed by atoms with van der Waals surface area (Å²) in [5.41, 5.74) is 3.56. The largest absolute Gasteiger partial charge is 0.459 e. The lowest BCUT2D eigenvalue weighted by Crippen LogP contribution is -2.18. The molecule has 2 heteroatoms. The molecular formula is C18H19NO. The van der Waals surface area contributed by atoms with Crippen LogP contribution < -0.4 is 5.32 Å². The molecule has 0 amide bonds. The summed E-state index contributed by atoms with van der Waals surface area (Å²) in [6.07, 6.45) is 0.927. The second-order valence-electron chi connectivity index (χ2n) is 5.22. The van der Waals surface area contributed by atoms with Crippen LogP contribution in [0.5, 0.6) is 0 Å². The average molecular weight is 265 g/mol. The lowest BCUT2D eigenvalue weighted by atomic mass is 10.0. The fraction of sp³-hybridized carbons (Fsp3) is 0.222. The molecule has 1 unspecified atom stereocenters. The molecule has 2 nitrogen and oxygen atoms in total. The van der Waals surface area contributed by atoms with Gasteiger partial charge < -0.3 is 9.73 Å². The maximum Gasteiger partial charge on any atom is 0.134 e. The van der Waals surface area contributed by atoms with E-state index in [-0.39, 0.29) is 6.04 Å². The lowest BCUT2D eigenvalue weighted by molar-refractivity contribution is 0.451. The van der Waals surface area contributed by atoms with Crippen LogP contribution in [0, 0.1) is 6.92 Å². The third-order valence-corrected chi connectivity index (χ3v) is 3.70. The van der Waals surface area contributed by atoms with Crippen LogP contribution in [-0.2, 0) is 6.42 Å².